The zero-order valence-corrected chi connectivity index (χ0v) is 11.5. The van der Waals surface area contributed by atoms with Gasteiger partial charge in [0, 0.05) is 31.1 Å². The monoisotopic (exact) mass is 268 g/mol. The van der Waals surface area contributed by atoms with Gasteiger partial charge in [0.25, 0.3) is 0 Å². The van der Waals surface area contributed by atoms with Crippen molar-refractivity contribution < 1.29 is 9.59 Å². The first kappa shape index (κ1) is 14.3. The lowest BCUT2D eigenvalue weighted by atomic mass is 9.98. The summed E-state index contributed by atoms with van der Waals surface area (Å²) in [5.74, 6) is -0.289. The van der Waals surface area contributed by atoms with Crippen molar-refractivity contribution in [3.05, 3.63) is 0 Å². The van der Waals surface area contributed by atoms with Crippen LogP contribution in [0.4, 0.5) is 4.79 Å². The summed E-state index contributed by atoms with van der Waals surface area (Å²) in [7, 11) is 0. The van der Waals surface area contributed by atoms with E-state index in [1.54, 1.807) is 0 Å². The van der Waals surface area contributed by atoms with Crippen LogP contribution in [0.2, 0.25) is 0 Å². The van der Waals surface area contributed by atoms with Crippen molar-refractivity contribution in [3.8, 4) is 0 Å². The number of nitrogens with one attached hydrogen (secondary N) is 2. The van der Waals surface area contributed by atoms with Crippen LogP contribution in [0.1, 0.15) is 39.0 Å². The Bertz CT molecular complexity index is 336. The fraction of sp³-hybridized carbons (Fsp3) is 0.846. The summed E-state index contributed by atoms with van der Waals surface area (Å²) in [6.45, 7) is 3.75. The molecule has 6 nitrogen and oxygen atoms in total. The molecule has 2 bridgehead atoms. The van der Waals surface area contributed by atoms with Crippen LogP contribution in [0.15, 0.2) is 0 Å². The van der Waals surface area contributed by atoms with Crippen molar-refractivity contribution in [2.75, 3.05) is 13.1 Å². The molecule has 108 valence electrons. The molecule has 2 unspecified atom stereocenters. The Morgan fingerprint density at radius 2 is 1.95 bits per heavy atom. The second kappa shape index (κ2) is 6.34. The Kier molecular flexibility index (Phi) is 4.76. The summed E-state index contributed by atoms with van der Waals surface area (Å²) in [6, 6.07) is 1.09. The number of fused-ring (bicyclic) bond motifs is 2. The first-order chi connectivity index (χ1) is 9.08. The largest absolute Gasteiger partial charge is 0.351 e. The number of urea groups is 1. The number of rotatable bonds is 5. The van der Waals surface area contributed by atoms with Gasteiger partial charge < -0.3 is 16.0 Å². The van der Waals surface area contributed by atoms with Crippen LogP contribution in [0.25, 0.3) is 0 Å². The van der Waals surface area contributed by atoms with E-state index < -0.39 is 6.03 Å². The lowest BCUT2D eigenvalue weighted by Gasteiger charge is -2.37. The van der Waals surface area contributed by atoms with E-state index in [0.717, 1.165) is 6.54 Å². The van der Waals surface area contributed by atoms with Gasteiger partial charge in [0.15, 0.2) is 0 Å². The molecule has 2 fully saturated rings. The summed E-state index contributed by atoms with van der Waals surface area (Å²) in [5.41, 5.74) is 4.93. The fourth-order valence-electron chi connectivity index (χ4n) is 3.37. The van der Waals surface area contributed by atoms with Gasteiger partial charge in [0.2, 0.25) is 5.91 Å². The highest BCUT2D eigenvalue weighted by molar-refractivity contribution is 5.93. The third kappa shape index (κ3) is 3.91. The smallest absolute Gasteiger partial charge is 0.318 e. The van der Waals surface area contributed by atoms with Crippen LogP contribution >= 0.6 is 0 Å². The van der Waals surface area contributed by atoms with Crippen LogP contribution in [-0.2, 0) is 4.79 Å². The van der Waals surface area contributed by atoms with Crippen LogP contribution in [-0.4, -0.2) is 48.1 Å². The SMILES string of the molecule is CCN(CCC(=O)NC(N)=O)C1CC2CCC(C1)N2. The molecule has 2 aliphatic rings. The molecule has 2 heterocycles. The van der Waals surface area contributed by atoms with Gasteiger partial charge >= 0.3 is 6.03 Å². The topological polar surface area (TPSA) is 87.5 Å². The lowest BCUT2D eigenvalue weighted by Crippen LogP contribution is -2.49. The molecule has 0 aromatic carbocycles. The molecule has 0 spiro atoms. The van der Waals surface area contributed by atoms with E-state index in [-0.39, 0.29) is 5.91 Å². The minimum atomic E-state index is -0.770. The predicted octanol–water partition coefficient (Wildman–Crippen LogP) is 0.176. The maximum atomic E-state index is 11.4. The zero-order valence-electron chi connectivity index (χ0n) is 11.5. The second-order valence-corrected chi connectivity index (χ2v) is 5.55. The number of primary amides is 1. The van der Waals surface area contributed by atoms with Crippen LogP contribution in [0.5, 0.6) is 0 Å². The average Bonchev–Trinajstić information content (AvgIpc) is 2.68. The minimum Gasteiger partial charge on any atom is -0.351 e. The molecule has 2 rings (SSSR count). The maximum absolute atomic E-state index is 11.4. The molecule has 0 aromatic rings. The Hall–Kier alpha value is -1.14. The molecule has 2 aliphatic heterocycles. The van der Waals surface area contributed by atoms with Gasteiger partial charge in [-0.25, -0.2) is 4.79 Å². The van der Waals surface area contributed by atoms with E-state index in [1.807, 2.05) is 0 Å². The number of carbonyl (C=O) groups is 2. The number of amides is 3. The second-order valence-electron chi connectivity index (χ2n) is 5.55. The molecule has 2 atom stereocenters. The lowest BCUT2D eigenvalue weighted by molar-refractivity contribution is -0.120. The predicted molar refractivity (Wildman–Crippen MR) is 72.6 cm³/mol. The van der Waals surface area contributed by atoms with Crippen molar-refractivity contribution >= 4 is 11.9 Å². The molecule has 4 N–H and O–H groups in total. The summed E-state index contributed by atoms with van der Waals surface area (Å²) in [5, 5.41) is 5.74. The zero-order chi connectivity index (χ0) is 13.8. The minimum absolute atomic E-state index is 0.289. The number of imide groups is 1. The number of hydrogen-bond acceptors (Lipinski definition) is 4. The van der Waals surface area contributed by atoms with Crippen LogP contribution < -0.4 is 16.4 Å². The van der Waals surface area contributed by atoms with E-state index in [9.17, 15) is 9.59 Å². The Labute approximate surface area is 114 Å². The Balaban J connectivity index is 1.79. The van der Waals surface area contributed by atoms with E-state index in [4.69, 9.17) is 5.73 Å². The highest BCUT2D eigenvalue weighted by Crippen LogP contribution is 2.29. The van der Waals surface area contributed by atoms with Crippen molar-refractivity contribution in [2.24, 2.45) is 5.73 Å². The van der Waals surface area contributed by atoms with Gasteiger partial charge in [-0.05, 0) is 32.2 Å². The molecule has 0 radical (unpaired) electrons. The highest BCUT2D eigenvalue weighted by Gasteiger charge is 2.35. The summed E-state index contributed by atoms with van der Waals surface area (Å²) < 4.78 is 0. The molecular formula is C13H24N4O2. The maximum Gasteiger partial charge on any atom is 0.318 e. The standard InChI is InChI=1S/C13H24N4O2/c1-2-17(6-5-12(18)16-13(14)19)11-7-9-3-4-10(8-11)15-9/h9-11,15H,2-8H2,1H3,(H3,14,16,18,19). The van der Waals surface area contributed by atoms with Crippen LogP contribution in [0, 0.1) is 0 Å². The van der Waals surface area contributed by atoms with Crippen molar-refractivity contribution in [2.45, 2.75) is 57.2 Å². The van der Waals surface area contributed by atoms with Gasteiger partial charge in [-0.3, -0.25) is 10.1 Å². The molecule has 0 aliphatic carbocycles. The molecular weight excluding hydrogens is 244 g/mol. The van der Waals surface area contributed by atoms with Gasteiger partial charge in [-0.15, -0.1) is 0 Å². The molecule has 0 aromatic heterocycles. The molecule has 3 amide bonds. The first-order valence-electron chi connectivity index (χ1n) is 7.18. The third-order valence-corrected chi connectivity index (χ3v) is 4.26. The number of hydrogen-bond donors (Lipinski definition) is 3. The fourth-order valence-corrected chi connectivity index (χ4v) is 3.37. The van der Waals surface area contributed by atoms with Crippen molar-refractivity contribution in [1.29, 1.82) is 0 Å². The molecule has 6 heteroatoms. The Morgan fingerprint density at radius 1 is 1.32 bits per heavy atom. The highest BCUT2D eigenvalue weighted by atomic mass is 16.2. The molecule has 2 saturated heterocycles. The van der Waals surface area contributed by atoms with E-state index in [0.29, 0.717) is 31.1 Å². The van der Waals surface area contributed by atoms with Gasteiger partial charge in [0.1, 0.15) is 0 Å². The molecule has 0 saturated carbocycles. The van der Waals surface area contributed by atoms with Crippen molar-refractivity contribution in [3.63, 3.8) is 0 Å². The number of piperidine rings is 1. The van der Waals surface area contributed by atoms with E-state index in [2.05, 4.69) is 22.5 Å². The quantitative estimate of drug-likeness (QED) is 0.663. The normalized spacial score (nSPS) is 29.5. The third-order valence-electron chi connectivity index (χ3n) is 4.26. The van der Waals surface area contributed by atoms with Crippen LogP contribution in [0.3, 0.4) is 0 Å². The van der Waals surface area contributed by atoms with Gasteiger partial charge in [-0.2, -0.15) is 0 Å². The molecule has 19 heavy (non-hydrogen) atoms. The first-order valence-corrected chi connectivity index (χ1v) is 7.18. The summed E-state index contributed by atoms with van der Waals surface area (Å²) in [6.07, 6.45) is 5.22. The summed E-state index contributed by atoms with van der Waals surface area (Å²) >= 11 is 0. The summed E-state index contributed by atoms with van der Waals surface area (Å²) in [4.78, 5) is 24.4. The van der Waals surface area contributed by atoms with Crippen molar-refractivity contribution in [1.82, 2.24) is 15.5 Å². The van der Waals surface area contributed by atoms with E-state index >= 15 is 0 Å². The Morgan fingerprint density at radius 3 is 2.47 bits per heavy atom. The number of carbonyl (C=O) groups excluding carboxylic acids is 2. The van der Waals surface area contributed by atoms with Gasteiger partial charge in [0.05, 0.1) is 0 Å². The average molecular weight is 268 g/mol. The van der Waals surface area contributed by atoms with Gasteiger partial charge in [-0.1, -0.05) is 6.92 Å². The number of nitrogens with zero attached hydrogens (tertiary/aromatic N) is 1. The number of nitrogens with two attached hydrogens (primary N) is 1. The van der Waals surface area contributed by atoms with E-state index in [1.165, 1.54) is 25.7 Å².